The van der Waals surface area contributed by atoms with Crippen LogP contribution in [-0.2, 0) is 14.3 Å². The third kappa shape index (κ3) is 4.48. The summed E-state index contributed by atoms with van der Waals surface area (Å²) in [7, 11) is 0. The Balaban J connectivity index is 2.45. The first-order valence-electron chi connectivity index (χ1n) is 5.23. The van der Waals surface area contributed by atoms with Crippen LogP contribution in [0.5, 0.6) is 0 Å². The van der Waals surface area contributed by atoms with Crippen LogP contribution in [0.25, 0.3) is 0 Å². The molecule has 1 aliphatic rings. The topological polar surface area (TPSA) is 76.7 Å². The highest BCUT2D eigenvalue weighted by Crippen LogP contribution is 2.07. The van der Waals surface area contributed by atoms with Crippen molar-refractivity contribution < 1.29 is 19.1 Å². The Kier molecular flexibility index (Phi) is 4.12. The molecule has 0 aromatic heterocycles. The molecule has 0 aromatic rings. The number of nitrogens with one attached hydrogen (secondary N) is 2. The van der Waals surface area contributed by atoms with Gasteiger partial charge in [0.15, 0.2) is 0 Å². The minimum atomic E-state index is -0.683. The lowest BCUT2D eigenvalue weighted by molar-refractivity contribution is -0.123. The van der Waals surface area contributed by atoms with E-state index >= 15 is 0 Å². The third-order valence-electron chi connectivity index (χ3n) is 1.84. The van der Waals surface area contributed by atoms with E-state index in [4.69, 9.17) is 9.47 Å². The van der Waals surface area contributed by atoms with Gasteiger partial charge >= 0.3 is 6.09 Å². The number of ether oxygens (including phenoxy) is 2. The van der Waals surface area contributed by atoms with Crippen LogP contribution >= 0.6 is 0 Å². The second-order valence-corrected chi connectivity index (χ2v) is 4.56. The Labute approximate surface area is 94.7 Å². The van der Waals surface area contributed by atoms with Crippen molar-refractivity contribution in [1.82, 2.24) is 10.6 Å². The van der Waals surface area contributed by atoms with Crippen molar-refractivity contribution in [3.63, 3.8) is 0 Å². The third-order valence-corrected chi connectivity index (χ3v) is 1.84. The summed E-state index contributed by atoms with van der Waals surface area (Å²) in [6.45, 7) is 6.37. The van der Waals surface area contributed by atoms with Crippen molar-refractivity contribution in [2.75, 3.05) is 19.8 Å². The summed E-state index contributed by atoms with van der Waals surface area (Å²) in [6, 6.07) is -0.683. The number of alkyl carbamates (subject to hydrolysis) is 1. The number of rotatable bonds is 1. The van der Waals surface area contributed by atoms with Gasteiger partial charge in [0, 0.05) is 6.54 Å². The molecule has 0 aliphatic carbocycles. The minimum Gasteiger partial charge on any atom is -0.444 e. The molecule has 92 valence electrons. The highest BCUT2D eigenvalue weighted by Gasteiger charge is 2.25. The molecule has 6 nitrogen and oxygen atoms in total. The van der Waals surface area contributed by atoms with Gasteiger partial charge in [-0.25, -0.2) is 4.79 Å². The molecule has 0 spiro atoms. The van der Waals surface area contributed by atoms with Gasteiger partial charge in [0.2, 0.25) is 5.91 Å². The van der Waals surface area contributed by atoms with Crippen molar-refractivity contribution >= 4 is 12.0 Å². The van der Waals surface area contributed by atoms with Crippen LogP contribution < -0.4 is 10.6 Å². The highest BCUT2D eigenvalue weighted by atomic mass is 16.6. The number of amides is 2. The van der Waals surface area contributed by atoms with Gasteiger partial charge in [-0.05, 0) is 20.8 Å². The molecule has 1 fully saturated rings. The van der Waals surface area contributed by atoms with E-state index in [0.717, 1.165) is 0 Å². The van der Waals surface area contributed by atoms with Crippen LogP contribution in [-0.4, -0.2) is 43.4 Å². The van der Waals surface area contributed by atoms with Crippen LogP contribution in [0.1, 0.15) is 20.8 Å². The smallest absolute Gasteiger partial charge is 0.408 e. The Hall–Kier alpha value is -1.30. The maximum absolute atomic E-state index is 11.5. The summed E-state index contributed by atoms with van der Waals surface area (Å²) < 4.78 is 10.2. The molecular weight excluding hydrogens is 212 g/mol. The van der Waals surface area contributed by atoms with E-state index in [1.54, 1.807) is 20.8 Å². The average Bonchev–Trinajstić information content (AvgIpc) is 2.29. The molecule has 0 saturated carbocycles. The predicted octanol–water partition coefficient (Wildman–Crippen LogP) is 0.0261. The van der Waals surface area contributed by atoms with Gasteiger partial charge < -0.3 is 20.1 Å². The van der Waals surface area contributed by atoms with Crippen molar-refractivity contribution in [2.45, 2.75) is 32.4 Å². The highest BCUT2D eigenvalue weighted by molar-refractivity contribution is 5.85. The van der Waals surface area contributed by atoms with Crippen molar-refractivity contribution in [3.8, 4) is 0 Å². The Morgan fingerprint density at radius 2 is 2.25 bits per heavy atom. The Morgan fingerprint density at radius 3 is 2.88 bits per heavy atom. The lowest BCUT2D eigenvalue weighted by Crippen LogP contribution is -2.49. The molecule has 0 radical (unpaired) electrons. The second-order valence-electron chi connectivity index (χ2n) is 4.56. The van der Waals surface area contributed by atoms with Crippen LogP contribution in [0.2, 0.25) is 0 Å². The van der Waals surface area contributed by atoms with Crippen LogP contribution in [0.4, 0.5) is 4.79 Å². The monoisotopic (exact) mass is 230 g/mol. The molecule has 0 unspecified atom stereocenters. The number of carbonyl (C=O) groups excluding carboxylic acids is 2. The van der Waals surface area contributed by atoms with Crippen molar-refractivity contribution in [1.29, 1.82) is 0 Å². The van der Waals surface area contributed by atoms with Gasteiger partial charge in [0.05, 0.1) is 13.2 Å². The van der Waals surface area contributed by atoms with E-state index < -0.39 is 17.7 Å². The minimum absolute atomic E-state index is 0.172. The lowest BCUT2D eigenvalue weighted by atomic mass is 10.2. The number of hydrogen-bond acceptors (Lipinski definition) is 4. The largest absolute Gasteiger partial charge is 0.444 e. The van der Waals surface area contributed by atoms with E-state index in [0.29, 0.717) is 13.2 Å². The SMILES string of the molecule is CC(C)(C)OC(=O)N[C@@H]1COCCNC1=O. The van der Waals surface area contributed by atoms with Gasteiger partial charge in [-0.1, -0.05) is 0 Å². The molecule has 2 amide bonds. The van der Waals surface area contributed by atoms with E-state index in [2.05, 4.69) is 10.6 Å². The molecule has 1 heterocycles. The molecule has 16 heavy (non-hydrogen) atoms. The summed E-state index contributed by atoms with van der Waals surface area (Å²) in [5.74, 6) is -0.247. The maximum Gasteiger partial charge on any atom is 0.408 e. The summed E-state index contributed by atoms with van der Waals surface area (Å²) >= 11 is 0. The number of carbonyl (C=O) groups is 2. The average molecular weight is 230 g/mol. The summed E-state index contributed by atoms with van der Waals surface area (Å²) in [5, 5.41) is 5.10. The fourth-order valence-electron chi connectivity index (χ4n) is 1.20. The molecule has 0 bridgehead atoms. The van der Waals surface area contributed by atoms with Gasteiger partial charge in [0.1, 0.15) is 11.6 Å². The fraction of sp³-hybridized carbons (Fsp3) is 0.800. The molecule has 1 atom stereocenters. The quantitative estimate of drug-likeness (QED) is 0.666. The zero-order chi connectivity index (χ0) is 12.2. The Morgan fingerprint density at radius 1 is 1.56 bits per heavy atom. The summed E-state index contributed by atoms with van der Waals surface area (Å²) in [4.78, 5) is 22.9. The Bertz CT molecular complexity index is 272. The van der Waals surface area contributed by atoms with Gasteiger partial charge in [-0.3, -0.25) is 4.79 Å². The number of hydrogen-bond donors (Lipinski definition) is 2. The molecule has 1 aliphatic heterocycles. The van der Waals surface area contributed by atoms with Crippen molar-refractivity contribution in [3.05, 3.63) is 0 Å². The molecular formula is C10H18N2O4. The van der Waals surface area contributed by atoms with Gasteiger partial charge in [0.25, 0.3) is 0 Å². The first-order chi connectivity index (χ1) is 7.38. The van der Waals surface area contributed by atoms with E-state index in [-0.39, 0.29) is 12.5 Å². The molecule has 2 N–H and O–H groups in total. The summed E-state index contributed by atoms with van der Waals surface area (Å²) in [6.07, 6.45) is -0.613. The maximum atomic E-state index is 11.5. The van der Waals surface area contributed by atoms with E-state index in [1.165, 1.54) is 0 Å². The first-order valence-corrected chi connectivity index (χ1v) is 5.23. The zero-order valence-electron chi connectivity index (χ0n) is 9.83. The predicted molar refractivity (Wildman–Crippen MR) is 57.0 cm³/mol. The second kappa shape index (κ2) is 5.16. The molecule has 1 saturated heterocycles. The van der Waals surface area contributed by atoms with E-state index in [1.807, 2.05) is 0 Å². The molecule has 0 aromatic carbocycles. The first kappa shape index (κ1) is 12.8. The standard InChI is InChI=1S/C10H18N2O4/c1-10(2,3)16-9(14)12-7-6-15-5-4-11-8(7)13/h7H,4-6H2,1-3H3,(H,11,13)(H,12,14)/t7-/m1/s1. The fourth-order valence-corrected chi connectivity index (χ4v) is 1.20. The van der Waals surface area contributed by atoms with Gasteiger partial charge in [-0.2, -0.15) is 0 Å². The van der Waals surface area contributed by atoms with E-state index in [9.17, 15) is 9.59 Å². The zero-order valence-corrected chi connectivity index (χ0v) is 9.83. The molecule has 6 heteroatoms. The van der Waals surface area contributed by atoms with Crippen LogP contribution in [0.3, 0.4) is 0 Å². The lowest BCUT2D eigenvalue weighted by Gasteiger charge is -2.22. The van der Waals surface area contributed by atoms with Crippen LogP contribution in [0, 0.1) is 0 Å². The molecule has 1 rings (SSSR count). The van der Waals surface area contributed by atoms with Gasteiger partial charge in [-0.15, -0.1) is 0 Å². The summed E-state index contributed by atoms with van der Waals surface area (Å²) in [5.41, 5.74) is -0.577. The van der Waals surface area contributed by atoms with Crippen molar-refractivity contribution in [2.24, 2.45) is 0 Å². The van der Waals surface area contributed by atoms with Crippen LogP contribution in [0.15, 0.2) is 0 Å². The normalized spacial score (nSPS) is 21.9.